The minimum absolute atomic E-state index is 0.0207. The van der Waals surface area contributed by atoms with Crippen LogP contribution >= 0.6 is 11.6 Å². The molecule has 1 fully saturated rings. The summed E-state index contributed by atoms with van der Waals surface area (Å²) in [5.74, 6) is -1.63. The highest BCUT2D eigenvalue weighted by molar-refractivity contribution is 8.00. The van der Waals surface area contributed by atoms with E-state index in [0.29, 0.717) is 30.2 Å². The maximum atomic E-state index is 13.9. The highest BCUT2D eigenvalue weighted by Gasteiger charge is 2.35. The summed E-state index contributed by atoms with van der Waals surface area (Å²) < 4.78 is 55.1. The van der Waals surface area contributed by atoms with Crippen molar-refractivity contribution in [3.63, 3.8) is 0 Å². The number of halogens is 3. The molecule has 1 aliphatic heterocycles. The summed E-state index contributed by atoms with van der Waals surface area (Å²) in [5.41, 5.74) is 3.80. The molecule has 2 heterocycles. The molecule has 0 radical (unpaired) electrons. The van der Waals surface area contributed by atoms with Crippen molar-refractivity contribution in [2.45, 2.75) is 12.6 Å². The van der Waals surface area contributed by atoms with Crippen LogP contribution in [0.25, 0.3) is 4.91 Å². The van der Waals surface area contributed by atoms with Gasteiger partial charge < -0.3 is 4.57 Å². The van der Waals surface area contributed by atoms with Gasteiger partial charge >= 0.3 is 0 Å². The van der Waals surface area contributed by atoms with E-state index in [1.54, 1.807) is 12.5 Å². The van der Waals surface area contributed by atoms with Gasteiger partial charge in [0.2, 0.25) is 0 Å². The molecular weight excluding hydrogens is 516 g/mol. The fourth-order valence-corrected chi connectivity index (χ4v) is 6.12. The van der Waals surface area contributed by atoms with E-state index in [9.17, 15) is 17.2 Å². The number of likely N-dealkylation sites (tertiary alicyclic amines) is 1. The smallest absolute Gasteiger partial charge is 0.176 e. The van der Waals surface area contributed by atoms with Crippen LogP contribution in [0.4, 0.5) is 8.78 Å². The summed E-state index contributed by atoms with van der Waals surface area (Å²) >= 11 is 6.13. The molecule has 0 saturated carbocycles. The van der Waals surface area contributed by atoms with Crippen LogP contribution in [-0.4, -0.2) is 42.2 Å². The van der Waals surface area contributed by atoms with Gasteiger partial charge in [-0.3, -0.25) is 4.90 Å². The Bertz CT molecular complexity index is 1520. The monoisotopic (exact) mass is 539 g/mol. The number of nitrogens with zero attached hydrogens (tertiary/aromatic N) is 3. The first-order valence-corrected chi connectivity index (χ1v) is 13.9. The third-order valence-corrected chi connectivity index (χ3v) is 7.89. The maximum Gasteiger partial charge on any atom is 0.176 e. The molecule has 0 unspecified atom stereocenters. The summed E-state index contributed by atoms with van der Waals surface area (Å²) in [6, 6.07) is 18.5. The van der Waals surface area contributed by atoms with E-state index < -0.39 is 21.5 Å². The van der Waals surface area contributed by atoms with Crippen LogP contribution in [0.1, 0.15) is 28.3 Å². The zero-order valence-electron chi connectivity index (χ0n) is 20.0. The molecule has 9 heteroatoms. The van der Waals surface area contributed by atoms with Crippen molar-refractivity contribution in [3.8, 4) is 0 Å². The van der Waals surface area contributed by atoms with Gasteiger partial charge in [-0.1, -0.05) is 48.0 Å². The minimum Gasteiger partial charge on any atom is -0.333 e. The van der Waals surface area contributed by atoms with E-state index in [0.717, 1.165) is 41.1 Å². The van der Waals surface area contributed by atoms with E-state index in [-0.39, 0.29) is 16.5 Å². The van der Waals surface area contributed by atoms with E-state index in [2.05, 4.69) is 34.1 Å². The number of imidazole rings is 1. The van der Waals surface area contributed by atoms with E-state index in [4.69, 9.17) is 11.6 Å². The normalized spacial score (nSPS) is 14.9. The van der Waals surface area contributed by atoms with Crippen LogP contribution in [-0.2, 0) is 16.4 Å². The Morgan fingerprint density at radius 3 is 2.11 bits per heavy atom. The summed E-state index contributed by atoms with van der Waals surface area (Å²) in [7, 11) is -3.73. The molecule has 4 aromatic rings. The number of benzene rings is 3. The van der Waals surface area contributed by atoms with Crippen molar-refractivity contribution in [3.05, 3.63) is 130 Å². The SMILES string of the molecule is CS(=O)(=O)C(=C1CN([C@@H](c2ccc(Cl)cc2)c2ccc(Cn3ccnc3)cc2)C1)c1cc(F)cc(F)c1. The Morgan fingerprint density at radius 2 is 1.57 bits per heavy atom. The molecule has 0 aliphatic carbocycles. The van der Waals surface area contributed by atoms with Gasteiger partial charge in [-0.05, 0) is 52.1 Å². The topological polar surface area (TPSA) is 55.2 Å². The number of hydrogen-bond donors (Lipinski definition) is 0. The summed E-state index contributed by atoms with van der Waals surface area (Å²) in [4.78, 5) is 6.19. The first-order chi connectivity index (χ1) is 17.7. The highest BCUT2D eigenvalue weighted by atomic mass is 35.5. The molecule has 0 bridgehead atoms. The second-order valence-electron chi connectivity index (χ2n) is 9.20. The van der Waals surface area contributed by atoms with E-state index in [1.165, 1.54) is 0 Å². The lowest BCUT2D eigenvalue weighted by atomic mass is 9.91. The van der Waals surface area contributed by atoms with Crippen LogP contribution in [0, 0.1) is 11.6 Å². The van der Waals surface area contributed by atoms with Gasteiger partial charge in [0, 0.05) is 49.4 Å². The van der Waals surface area contributed by atoms with Crippen molar-refractivity contribution in [2.75, 3.05) is 19.3 Å². The quantitative estimate of drug-likeness (QED) is 0.301. The maximum absolute atomic E-state index is 13.9. The number of hydrogen-bond acceptors (Lipinski definition) is 4. The predicted octanol–water partition coefficient (Wildman–Crippen LogP) is 5.72. The Morgan fingerprint density at radius 1 is 0.973 bits per heavy atom. The number of aromatic nitrogens is 2. The Labute approximate surface area is 219 Å². The van der Waals surface area contributed by atoms with Crippen molar-refractivity contribution in [2.24, 2.45) is 0 Å². The molecule has 3 aromatic carbocycles. The molecule has 1 saturated heterocycles. The predicted molar refractivity (Wildman–Crippen MR) is 141 cm³/mol. The average molecular weight is 540 g/mol. The van der Waals surface area contributed by atoms with Crippen LogP contribution in [0.3, 0.4) is 0 Å². The first-order valence-electron chi connectivity index (χ1n) is 11.6. The molecule has 5 rings (SSSR count). The van der Waals surface area contributed by atoms with Crippen molar-refractivity contribution in [1.82, 2.24) is 14.5 Å². The van der Waals surface area contributed by atoms with Crippen LogP contribution < -0.4 is 0 Å². The summed E-state index contributed by atoms with van der Waals surface area (Å²) in [6.45, 7) is 1.37. The second kappa shape index (κ2) is 10.2. The molecule has 1 aromatic heterocycles. The van der Waals surface area contributed by atoms with Crippen molar-refractivity contribution >= 4 is 26.3 Å². The Hall–Kier alpha value is -3.33. The van der Waals surface area contributed by atoms with Crippen LogP contribution in [0.2, 0.25) is 5.02 Å². The van der Waals surface area contributed by atoms with Gasteiger partial charge in [0.05, 0.1) is 17.3 Å². The molecule has 0 spiro atoms. The highest BCUT2D eigenvalue weighted by Crippen LogP contribution is 2.38. The Balaban J connectivity index is 1.48. The fourth-order valence-electron chi connectivity index (χ4n) is 4.79. The summed E-state index contributed by atoms with van der Waals surface area (Å²) in [5, 5.41) is 0.620. The van der Waals surface area contributed by atoms with Gasteiger partial charge in [0.15, 0.2) is 9.84 Å². The van der Waals surface area contributed by atoms with E-state index in [1.807, 2.05) is 35.0 Å². The minimum atomic E-state index is -3.73. The zero-order chi connectivity index (χ0) is 26.2. The standard InChI is InChI=1S/C28H24ClF2N3O2S/c1-37(35,36)28(22-12-25(30)14-26(31)13-22)23-16-34(17-23)27(21-6-8-24(29)9-7-21)20-4-2-19(3-5-20)15-33-11-10-32-18-33/h2-14,18,27H,15-17H2,1H3/t27-/m1/s1. The fraction of sp³-hybridized carbons (Fsp3) is 0.179. The lowest BCUT2D eigenvalue weighted by molar-refractivity contribution is 0.203. The molecule has 1 atom stereocenters. The molecule has 0 amide bonds. The van der Waals surface area contributed by atoms with Crippen LogP contribution in [0.5, 0.6) is 0 Å². The molecule has 5 nitrogen and oxygen atoms in total. The molecule has 1 aliphatic rings. The molecule has 190 valence electrons. The van der Waals surface area contributed by atoms with Gasteiger partial charge in [0.1, 0.15) is 11.6 Å². The second-order valence-corrected chi connectivity index (χ2v) is 11.6. The lowest BCUT2D eigenvalue weighted by Gasteiger charge is -2.42. The largest absolute Gasteiger partial charge is 0.333 e. The van der Waals surface area contributed by atoms with Gasteiger partial charge in [-0.25, -0.2) is 22.2 Å². The summed E-state index contributed by atoms with van der Waals surface area (Å²) in [6.07, 6.45) is 6.48. The molecule has 37 heavy (non-hydrogen) atoms. The van der Waals surface area contributed by atoms with Crippen LogP contribution in [0.15, 0.2) is 91.0 Å². The van der Waals surface area contributed by atoms with Gasteiger partial charge in [0.25, 0.3) is 0 Å². The first kappa shape index (κ1) is 25.3. The van der Waals surface area contributed by atoms with Crippen molar-refractivity contribution in [1.29, 1.82) is 0 Å². The number of sulfone groups is 1. The van der Waals surface area contributed by atoms with Gasteiger partial charge in [-0.2, -0.15) is 0 Å². The molecule has 0 N–H and O–H groups in total. The zero-order valence-corrected chi connectivity index (χ0v) is 21.6. The third-order valence-electron chi connectivity index (χ3n) is 6.38. The molecular formula is C28H24ClF2N3O2S. The van der Waals surface area contributed by atoms with Crippen molar-refractivity contribution < 1.29 is 17.2 Å². The average Bonchev–Trinajstić information content (AvgIpc) is 3.31. The van der Waals surface area contributed by atoms with E-state index >= 15 is 0 Å². The number of rotatable bonds is 7. The lowest BCUT2D eigenvalue weighted by Crippen LogP contribution is -2.44. The third kappa shape index (κ3) is 5.66. The van der Waals surface area contributed by atoms with Gasteiger partial charge in [-0.15, -0.1) is 0 Å². The Kier molecular flexibility index (Phi) is 6.98.